The SMILES string of the molecule is CCc1ccc(NC2c3ncccc3C(=O)N2Cc2ccco2)cc1. The molecule has 0 saturated heterocycles. The summed E-state index contributed by atoms with van der Waals surface area (Å²) in [6.07, 6.45) is 4.02. The van der Waals surface area contributed by atoms with Crippen LogP contribution in [0.3, 0.4) is 0 Å². The summed E-state index contributed by atoms with van der Waals surface area (Å²) < 4.78 is 5.43. The summed E-state index contributed by atoms with van der Waals surface area (Å²) in [5.74, 6) is 0.705. The Morgan fingerprint density at radius 1 is 1.16 bits per heavy atom. The molecule has 5 nitrogen and oxygen atoms in total. The lowest BCUT2D eigenvalue weighted by molar-refractivity contribution is 0.0714. The van der Waals surface area contributed by atoms with Gasteiger partial charge in [-0.25, -0.2) is 0 Å². The molecule has 1 aliphatic heterocycles. The van der Waals surface area contributed by atoms with Crippen molar-refractivity contribution in [2.45, 2.75) is 26.1 Å². The summed E-state index contributed by atoms with van der Waals surface area (Å²) in [7, 11) is 0. The largest absolute Gasteiger partial charge is 0.467 e. The summed E-state index contributed by atoms with van der Waals surface area (Å²) in [6, 6.07) is 15.6. The van der Waals surface area contributed by atoms with E-state index in [4.69, 9.17) is 4.42 Å². The van der Waals surface area contributed by atoms with Gasteiger partial charge in [-0.1, -0.05) is 19.1 Å². The Labute approximate surface area is 146 Å². The first-order chi connectivity index (χ1) is 12.3. The predicted molar refractivity (Wildman–Crippen MR) is 95.0 cm³/mol. The standard InChI is InChI=1S/C20H19N3O2/c1-2-14-7-9-15(10-8-14)22-19-18-17(6-3-11-21-18)20(24)23(19)13-16-5-4-12-25-16/h3-12,19,22H,2,13H2,1H3. The van der Waals surface area contributed by atoms with Gasteiger partial charge in [0.2, 0.25) is 0 Å². The topological polar surface area (TPSA) is 58.4 Å². The van der Waals surface area contributed by atoms with E-state index in [1.165, 1.54) is 5.56 Å². The van der Waals surface area contributed by atoms with Crippen molar-refractivity contribution in [3.8, 4) is 0 Å². The zero-order valence-corrected chi connectivity index (χ0v) is 14.0. The number of carbonyl (C=O) groups excluding carboxylic acids is 1. The number of anilines is 1. The third-order valence-electron chi connectivity index (χ3n) is 4.47. The van der Waals surface area contributed by atoms with Crippen molar-refractivity contribution in [3.63, 3.8) is 0 Å². The van der Waals surface area contributed by atoms with Crippen molar-refractivity contribution in [3.05, 3.63) is 83.6 Å². The molecule has 5 heteroatoms. The number of hydrogen-bond acceptors (Lipinski definition) is 4. The number of rotatable bonds is 5. The second-order valence-electron chi connectivity index (χ2n) is 6.05. The fourth-order valence-corrected chi connectivity index (χ4v) is 3.11. The average molecular weight is 333 g/mol. The van der Waals surface area contributed by atoms with Crippen LogP contribution in [0.25, 0.3) is 0 Å². The van der Waals surface area contributed by atoms with Crippen LogP contribution in [-0.4, -0.2) is 15.8 Å². The third-order valence-corrected chi connectivity index (χ3v) is 4.47. The first-order valence-corrected chi connectivity index (χ1v) is 8.40. The van der Waals surface area contributed by atoms with Gasteiger partial charge >= 0.3 is 0 Å². The monoisotopic (exact) mass is 333 g/mol. The van der Waals surface area contributed by atoms with Crippen LogP contribution in [0.1, 0.15) is 40.5 Å². The van der Waals surface area contributed by atoms with Crippen LogP contribution in [-0.2, 0) is 13.0 Å². The molecule has 0 fully saturated rings. The van der Waals surface area contributed by atoms with E-state index in [1.54, 1.807) is 23.4 Å². The maximum absolute atomic E-state index is 12.8. The van der Waals surface area contributed by atoms with Crippen LogP contribution in [0.5, 0.6) is 0 Å². The van der Waals surface area contributed by atoms with Gasteiger partial charge in [0.05, 0.1) is 24.1 Å². The maximum atomic E-state index is 12.8. The Balaban J connectivity index is 1.66. The number of fused-ring (bicyclic) bond motifs is 1. The molecule has 0 spiro atoms. The number of hydrogen-bond donors (Lipinski definition) is 1. The van der Waals surface area contributed by atoms with E-state index in [2.05, 4.69) is 29.4 Å². The Morgan fingerprint density at radius 2 is 2.00 bits per heavy atom. The molecule has 126 valence electrons. The van der Waals surface area contributed by atoms with Crippen LogP contribution >= 0.6 is 0 Å². The first-order valence-electron chi connectivity index (χ1n) is 8.40. The molecular weight excluding hydrogens is 314 g/mol. The van der Waals surface area contributed by atoms with Crippen molar-refractivity contribution < 1.29 is 9.21 Å². The van der Waals surface area contributed by atoms with Crippen molar-refractivity contribution in [1.29, 1.82) is 0 Å². The van der Waals surface area contributed by atoms with Crippen molar-refractivity contribution in [2.75, 3.05) is 5.32 Å². The second-order valence-corrected chi connectivity index (χ2v) is 6.05. The Bertz CT molecular complexity index is 872. The normalized spacial score (nSPS) is 16.1. The highest BCUT2D eigenvalue weighted by atomic mass is 16.3. The maximum Gasteiger partial charge on any atom is 0.258 e. The van der Waals surface area contributed by atoms with E-state index in [0.717, 1.165) is 23.6 Å². The molecule has 0 bridgehead atoms. The molecule has 25 heavy (non-hydrogen) atoms. The number of carbonyl (C=O) groups is 1. The molecule has 1 unspecified atom stereocenters. The van der Waals surface area contributed by atoms with E-state index in [0.29, 0.717) is 12.1 Å². The lowest BCUT2D eigenvalue weighted by Gasteiger charge is -2.25. The zero-order valence-electron chi connectivity index (χ0n) is 14.0. The summed E-state index contributed by atoms with van der Waals surface area (Å²) in [5, 5.41) is 3.44. The molecule has 0 saturated carbocycles. The fraction of sp³-hybridized carbons (Fsp3) is 0.200. The molecule has 3 heterocycles. The minimum absolute atomic E-state index is 0.0396. The highest BCUT2D eigenvalue weighted by Crippen LogP contribution is 2.34. The molecule has 3 aromatic rings. The summed E-state index contributed by atoms with van der Waals surface area (Å²) in [4.78, 5) is 19.0. The van der Waals surface area contributed by atoms with Gasteiger partial charge in [0.15, 0.2) is 0 Å². The van der Waals surface area contributed by atoms with Gasteiger partial charge in [-0.2, -0.15) is 0 Å². The molecule has 1 amide bonds. The van der Waals surface area contributed by atoms with Gasteiger partial charge in [-0.05, 0) is 48.4 Å². The van der Waals surface area contributed by atoms with Crippen LogP contribution in [0.15, 0.2) is 65.4 Å². The number of aryl methyl sites for hydroxylation is 1. The van der Waals surface area contributed by atoms with Gasteiger partial charge in [-0.15, -0.1) is 0 Å². The number of benzene rings is 1. The van der Waals surface area contributed by atoms with Crippen molar-refractivity contribution in [2.24, 2.45) is 0 Å². The number of amides is 1. The van der Waals surface area contributed by atoms with E-state index >= 15 is 0 Å². The first kappa shape index (κ1) is 15.4. The van der Waals surface area contributed by atoms with Crippen molar-refractivity contribution in [1.82, 2.24) is 9.88 Å². The van der Waals surface area contributed by atoms with Crippen LogP contribution < -0.4 is 5.32 Å². The van der Waals surface area contributed by atoms with E-state index in [1.807, 2.05) is 30.3 Å². The molecule has 0 radical (unpaired) electrons. The second kappa shape index (κ2) is 6.43. The minimum atomic E-state index is -0.318. The fourth-order valence-electron chi connectivity index (χ4n) is 3.11. The van der Waals surface area contributed by atoms with Crippen LogP contribution in [0.4, 0.5) is 5.69 Å². The lowest BCUT2D eigenvalue weighted by Crippen LogP contribution is -2.31. The number of furan rings is 1. The molecule has 1 aromatic carbocycles. The molecule has 1 aliphatic rings. The van der Waals surface area contributed by atoms with Gasteiger partial charge in [0.1, 0.15) is 11.9 Å². The van der Waals surface area contributed by atoms with Gasteiger partial charge in [0, 0.05) is 11.9 Å². The van der Waals surface area contributed by atoms with Gasteiger partial charge in [-0.3, -0.25) is 9.78 Å². The highest BCUT2D eigenvalue weighted by Gasteiger charge is 2.38. The van der Waals surface area contributed by atoms with E-state index in [9.17, 15) is 4.79 Å². The Hall–Kier alpha value is -3.08. The third kappa shape index (κ3) is 2.89. The molecule has 1 atom stereocenters. The van der Waals surface area contributed by atoms with Crippen molar-refractivity contribution >= 4 is 11.6 Å². The molecule has 1 N–H and O–H groups in total. The molecule has 0 aliphatic carbocycles. The Kier molecular flexibility index (Phi) is 3.98. The smallest absolute Gasteiger partial charge is 0.258 e. The number of nitrogens with zero attached hydrogens (tertiary/aromatic N) is 2. The van der Waals surface area contributed by atoms with E-state index in [-0.39, 0.29) is 12.1 Å². The number of aromatic nitrogens is 1. The molecular formula is C20H19N3O2. The zero-order chi connectivity index (χ0) is 17.2. The average Bonchev–Trinajstić information content (AvgIpc) is 3.25. The quantitative estimate of drug-likeness (QED) is 0.766. The number of nitrogens with one attached hydrogen (secondary N) is 1. The summed E-state index contributed by atoms with van der Waals surface area (Å²) in [6.45, 7) is 2.52. The van der Waals surface area contributed by atoms with E-state index < -0.39 is 0 Å². The molecule has 2 aromatic heterocycles. The summed E-state index contributed by atoms with van der Waals surface area (Å²) >= 11 is 0. The highest BCUT2D eigenvalue weighted by molar-refractivity contribution is 5.98. The van der Waals surface area contributed by atoms with Gasteiger partial charge in [0.25, 0.3) is 5.91 Å². The minimum Gasteiger partial charge on any atom is -0.467 e. The summed E-state index contributed by atoms with van der Waals surface area (Å²) in [5.41, 5.74) is 3.62. The number of pyridine rings is 1. The molecule has 4 rings (SSSR count). The van der Waals surface area contributed by atoms with Gasteiger partial charge < -0.3 is 14.6 Å². The van der Waals surface area contributed by atoms with Crippen LogP contribution in [0.2, 0.25) is 0 Å². The van der Waals surface area contributed by atoms with Crippen LogP contribution in [0, 0.1) is 0 Å². The Morgan fingerprint density at radius 3 is 2.72 bits per heavy atom. The lowest BCUT2D eigenvalue weighted by atomic mass is 10.1. The predicted octanol–water partition coefficient (Wildman–Crippen LogP) is 4.00.